The van der Waals surface area contributed by atoms with Gasteiger partial charge in [0.05, 0.1) is 5.75 Å². The third kappa shape index (κ3) is 4.14. The van der Waals surface area contributed by atoms with E-state index < -0.39 is 10.0 Å². The summed E-state index contributed by atoms with van der Waals surface area (Å²) in [7, 11) is -3.12. The van der Waals surface area contributed by atoms with Gasteiger partial charge >= 0.3 is 0 Å². The summed E-state index contributed by atoms with van der Waals surface area (Å²) in [4.78, 5) is 1.06. The van der Waals surface area contributed by atoms with Gasteiger partial charge in [-0.25, -0.2) is 8.42 Å². The number of hydrogen-bond donors (Lipinski definition) is 1. The van der Waals surface area contributed by atoms with Crippen LogP contribution < -0.4 is 5.73 Å². The summed E-state index contributed by atoms with van der Waals surface area (Å²) in [5.74, 6) is 0.780. The van der Waals surface area contributed by atoms with Crippen molar-refractivity contribution in [2.24, 2.45) is 0 Å². The second kappa shape index (κ2) is 6.83. The molecule has 0 bridgehead atoms. The molecule has 1 aromatic carbocycles. The van der Waals surface area contributed by atoms with Crippen molar-refractivity contribution in [3.63, 3.8) is 0 Å². The van der Waals surface area contributed by atoms with E-state index in [1.54, 1.807) is 16.1 Å². The summed E-state index contributed by atoms with van der Waals surface area (Å²) in [6.07, 6.45) is 3.09. The Morgan fingerprint density at radius 3 is 2.65 bits per heavy atom. The number of thioether (sulfide) groups is 1. The molecule has 2 N–H and O–H groups in total. The third-order valence-electron chi connectivity index (χ3n) is 3.59. The van der Waals surface area contributed by atoms with Crippen LogP contribution in [0.5, 0.6) is 0 Å². The summed E-state index contributed by atoms with van der Waals surface area (Å²) in [6.45, 7) is 2.68. The minimum atomic E-state index is -3.12. The van der Waals surface area contributed by atoms with Crippen LogP contribution in [0.2, 0.25) is 0 Å². The van der Waals surface area contributed by atoms with Crippen molar-refractivity contribution in [3.8, 4) is 0 Å². The summed E-state index contributed by atoms with van der Waals surface area (Å²) >= 11 is 1.56. The lowest BCUT2D eigenvalue weighted by molar-refractivity contribution is 0.269. The first-order valence-electron chi connectivity index (χ1n) is 6.97. The fraction of sp³-hybridized carbons (Fsp3) is 0.571. The molecule has 0 spiro atoms. The smallest absolute Gasteiger partial charge is 0.215 e. The Morgan fingerprint density at radius 2 is 2.00 bits per heavy atom. The van der Waals surface area contributed by atoms with E-state index >= 15 is 0 Å². The fourth-order valence-corrected chi connectivity index (χ4v) is 5.47. The molecular weight excluding hydrogens is 292 g/mol. The van der Waals surface area contributed by atoms with Crippen molar-refractivity contribution in [3.05, 3.63) is 24.3 Å². The number of nitrogens with two attached hydrogens (primary N) is 1. The monoisotopic (exact) mass is 314 g/mol. The first kappa shape index (κ1) is 15.7. The zero-order chi connectivity index (χ0) is 14.6. The fourth-order valence-electron chi connectivity index (χ4n) is 2.43. The Labute approximate surface area is 125 Å². The SMILES string of the molecule is CC1CCCCN1S(=O)(=O)CCSc1ccc(N)cc1. The van der Waals surface area contributed by atoms with Gasteiger partial charge in [0.1, 0.15) is 0 Å². The van der Waals surface area contributed by atoms with Crippen molar-refractivity contribution in [1.82, 2.24) is 4.31 Å². The van der Waals surface area contributed by atoms with Gasteiger partial charge in [0.25, 0.3) is 0 Å². The number of rotatable bonds is 5. The number of sulfonamides is 1. The molecule has 6 heteroatoms. The molecule has 1 atom stereocenters. The topological polar surface area (TPSA) is 63.4 Å². The minimum Gasteiger partial charge on any atom is -0.399 e. The molecule has 1 fully saturated rings. The van der Waals surface area contributed by atoms with Gasteiger partial charge in [0.2, 0.25) is 10.0 Å². The van der Waals surface area contributed by atoms with Gasteiger partial charge in [-0.1, -0.05) is 6.42 Å². The molecular formula is C14H22N2O2S2. The van der Waals surface area contributed by atoms with Crippen LogP contribution in [0.25, 0.3) is 0 Å². The van der Waals surface area contributed by atoms with Crippen molar-refractivity contribution in [2.75, 3.05) is 23.8 Å². The van der Waals surface area contributed by atoms with Crippen LogP contribution in [-0.2, 0) is 10.0 Å². The van der Waals surface area contributed by atoms with Crippen LogP contribution in [0, 0.1) is 0 Å². The van der Waals surface area contributed by atoms with Crippen LogP contribution in [-0.4, -0.2) is 36.8 Å². The third-order valence-corrected chi connectivity index (χ3v) is 6.84. The number of nitrogen functional groups attached to an aromatic ring is 1. The lowest BCUT2D eigenvalue weighted by Gasteiger charge is -2.32. The number of piperidine rings is 1. The van der Waals surface area contributed by atoms with Crippen LogP contribution in [0.15, 0.2) is 29.2 Å². The van der Waals surface area contributed by atoms with Crippen molar-refractivity contribution >= 4 is 27.5 Å². The van der Waals surface area contributed by atoms with Crippen molar-refractivity contribution in [2.45, 2.75) is 37.1 Å². The molecule has 1 aliphatic rings. The highest BCUT2D eigenvalue weighted by Crippen LogP contribution is 2.23. The highest BCUT2D eigenvalue weighted by molar-refractivity contribution is 8.00. The number of hydrogen-bond acceptors (Lipinski definition) is 4. The number of anilines is 1. The average molecular weight is 314 g/mol. The molecule has 0 aromatic heterocycles. The van der Waals surface area contributed by atoms with Gasteiger partial charge in [-0.3, -0.25) is 0 Å². The Kier molecular flexibility index (Phi) is 5.35. The standard InChI is InChI=1S/C14H22N2O2S2/c1-12-4-2-3-9-16(12)20(17,18)11-10-19-14-7-5-13(15)6-8-14/h5-8,12H,2-4,9-11,15H2,1H3. The molecule has 1 unspecified atom stereocenters. The zero-order valence-electron chi connectivity index (χ0n) is 11.8. The van der Waals surface area contributed by atoms with Gasteiger partial charge in [0.15, 0.2) is 0 Å². The molecule has 0 amide bonds. The van der Waals surface area contributed by atoms with Crippen LogP contribution in [0.4, 0.5) is 5.69 Å². The van der Waals surface area contributed by atoms with Crippen molar-refractivity contribution in [1.29, 1.82) is 0 Å². The summed E-state index contributed by atoms with van der Waals surface area (Å²) in [6, 6.07) is 7.68. The molecule has 2 rings (SSSR count). The van der Waals surface area contributed by atoms with Gasteiger partial charge in [-0.05, 0) is 44.0 Å². The molecule has 4 nitrogen and oxygen atoms in total. The maximum atomic E-state index is 12.3. The lowest BCUT2D eigenvalue weighted by Crippen LogP contribution is -2.43. The Balaban J connectivity index is 1.87. The van der Waals surface area contributed by atoms with Crippen LogP contribution in [0.3, 0.4) is 0 Å². The Hall–Kier alpha value is -0.720. The summed E-state index contributed by atoms with van der Waals surface area (Å²) in [5, 5.41) is 0. The van der Waals surface area contributed by atoms with Gasteiger partial charge < -0.3 is 5.73 Å². The van der Waals surface area contributed by atoms with E-state index in [1.165, 1.54) is 0 Å². The highest BCUT2D eigenvalue weighted by atomic mass is 32.2. The molecule has 0 aliphatic carbocycles. The quantitative estimate of drug-likeness (QED) is 0.670. The van der Waals surface area contributed by atoms with Gasteiger partial charge in [0, 0.05) is 28.9 Å². The van der Waals surface area contributed by atoms with E-state index in [2.05, 4.69) is 0 Å². The maximum Gasteiger partial charge on any atom is 0.215 e. The first-order valence-corrected chi connectivity index (χ1v) is 9.56. The summed E-state index contributed by atoms with van der Waals surface area (Å²) in [5.41, 5.74) is 6.35. The molecule has 0 saturated carbocycles. The molecule has 1 aliphatic heterocycles. The lowest BCUT2D eigenvalue weighted by atomic mass is 10.1. The molecule has 1 saturated heterocycles. The first-order chi connectivity index (χ1) is 9.49. The van der Waals surface area contributed by atoms with E-state index in [0.717, 1.165) is 29.8 Å². The van der Waals surface area contributed by atoms with E-state index in [4.69, 9.17) is 5.73 Å². The number of benzene rings is 1. The molecule has 1 aromatic rings. The molecule has 20 heavy (non-hydrogen) atoms. The van der Waals surface area contributed by atoms with E-state index in [9.17, 15) is 8.42 Å². The predicted molar refractivity (Wildman–Crippen MR) is 85.4 cm³/mol. The van der Waals surface area contributed by atoms with E-state index in [1.807, 2.05) is 31.2 Å². The molecule has 1 heterocycles. The van der Waals surface area contributed by atoms with Crippen LogP contribution >= 0.6 is 11.8 Å². The highest BCUT2D eigenvalue weighted by Gasteiger charge is 2.28. The van der Waals surface area contributed by atoms with Gasteiger partial charge in [-0.2, -0.15) is 4.31 Å². The minimum absolute atomic E-state index is 0.148. The van der Waals surface area contributed by atoms with Gasteiger partial charge in [-0.15, -0.1) is 11.8 Å². The maximum absolute atomic E-state index is 12.3. The summed E-state index contributed by atoms with van der Waals surface area (Å²) < 4.78 is 26.3. The zero-order valence-corrected chi connectivity index (χ0v) is 13.4. The second-order valence-corrected chi connectivity index (χ2v) is 8.40. The second-order valence-electron chi connectivity index (χ2n) is 5.19. The molecule has 112 valence electrons. The number of nitrogens with zero attached hydrogens (tertiary/aromatic N) is 1. The predicted octanol–water partition coefficient (Wildman–Crippen LogP) is 2.57. The largest absolute Gasteiger partial charge is 0.399 e. The average Bonchev–Trinajstić information content (AvgIpc) is 2.41. The van der Waals surface area contributed by atoms with E-state index in [0.29, 0.717) is 12.3 Å². The normalized spacial score (nSPS) is 20.9. The van der Waals surface area contributed by atoms with E-state index in [-0.39, 0.29) is 11.8 Å². The Morgan fingerprint density at radius 1 is 1.30 bits per heavy atom. The Bertz CT molecular complexity index is 529. The molecule has 0 radical (unpaired) electrons. The van der Waals surface area contributed by atoms with Crippen molar-refractivity contribution < 1.29 is 8.42 Å². The van der Waals surface area contributed by atoms with Crippen LogP contribution in [0.1, 0.15) is 26.2 Å².